The molecule has 0 spiro atoms. The first kappa shape index (κ1) is 53.2. The van der Waals surface area contributed by atoms with Crippen LogP contribution in [-0.2, 0) is 18.4 Å². The molecule has 0 radical (unpaired) electrons. The summed E-state index contributed by atoms with van der Waals surface area (Å²) >= 11 is 0. The molecule has 0 aromatic rings. The van der Waals surface area contributed by atoms with Crippen molar-refractivity contribution in [1.82, 2.24) is 5.32 Å². The second kappa shape index (κ2) is 37.8. The number of phosphoric acid groups is 1. The smallest absolute Gasteiger partial charge is 0.268 e. The number of nitrogens with one attached hydrogen (secondary N) is 1. The summed E-state index contributed by atoms with van der Waals surface area (Å²) in [5.41, 5.74) is 0. The van der Waals surface area contributed by atoms with E-state index in [0.717, 1.165) is 38.5 Å². The van der Waals surface area contributed by atoms with Gasteiger partial charge in [0.25, 0.3) is 7.82 Å². The van der Waals surface area contributed by atoms with E-state index in [1.807, 2.05) is 27.2 Å². The second-order valence-electron chi connectivity index (χ2n) is 17.1. The number of phosphoric ester groups is 1. The van der Waals surface area contributed by atoms with Crippen molar-refractivity contribution in [2.45, 2.75) is 231 Å². The predicted octanol–water partition coefficient (Wildman–Crippen LogP) is 12.1. The van der Waals surface area contributed by atoms with Gasteiger partial charge in [-0.2, -0.15) is 0 Å². The summed E-state index contributed by atoms with van der Waals surface area (Å²) in [6.45, 7) is 4.66. The van der Waals surface area contributed by atoms with Crippen molar-refractivity contribution in [2.75, 3.05) is 40.9 Å². The van der Waals surface area contributed by atoms with E-state index in [-0.39, 0.29) is 19.1 Å². The van der Waals surface area contributed by atoms with Gasteiger partial charge in [-0.1, -0.05) is 206 Å². The minimum Gasteiger partial charge on any atom is -0.756 e. The maximum Gasteiger partial charge on any atom is 0.268 e. The Kier molecular flexibility index (Phi) is 37.3. The zero-order valence-corrected chi connectivity index (χ0v) is 37.3. The number of carbonyl (C=O) groups is 1. The predicted molar refractivity (Wildman–Crippen MR) is 229 cm³/mol. The van der Waals surface area contributed by atoms with Crippen LogP contribution >= 0.6 is 7.82 Å². The Morgan fingerprint density at radius 1 is 0.630 bits per heavy atom. The van der Waals surface area contributed by atoms with Gasteiger partial charge in [-0.15, -0.1) is 0 Å². The highest BCUT2D eigenvalue weighted by atomic mass is 31.2. The minimum atomic E-state index is -4.58. The first-order valence-corrected chi connectivity index (χ1v) is 24.5. The summed E-state index contributed by atoms with van der Waals surface area (Å²) in [4.78, 5) is 25.3. The van der Waals surface area contributed by atoms with E-state index >= 15 is 0 Å². The highest BCUT2D eigenvalue weighted by molar-refractivity contribution is 7.45. The van der Waals surface area contributed by atoms with Crippen LogP contribution in [-0.4, -0.2) is 68.5 Å². The van der Waals surface area contributed by atoms with Crippen LogP contribution in [0.4, 0.5) is 0 Å². The van der Waals surface area contributed by atoms with Crippen LogP contribution in [0.5, 0.6) is 0 Å². The molecule has 0 aromatic heterocycles. The molecule has 0 fully saturated rings. The standard InChI is InChI=1S/C45H91N2O6P/c1-6-8-10-12-14-16-18-20-21-22-23-24-25-26-27-28-30-32-34-36-38-44(48)43(42-53-54(50,51)52-41-40-47(3,4)5)46-45(49)39-37-35-33-31-29-19-17-15-13-11-9-7-2/h36,38,43-44,48H,6-35,37,39-42H2,1-5H3,(H-,46,49,50,51)/b38-36+. The molecule has 0 rings (SSSR count). The van der Waals surface area contributed by atoms with E-state index in [9.17, 15) is 19.4 Å². The van der Waals surface area contributed by atoms with Crippen molar-refractivity contribution in [3.05, 3.63) is 12.2 Å². The molecule has 3 unspecified atom stereocenters. The largest absolute Gasteiger partial charge is 0.756 e. The van der Waals surface area contributed by atoms with E-state index < -0.39 is 20.0 Å². The Balaban J connectivity index is 4.34. The summed E-state index contributed by atoms with van der Waals surface area (Å²) in [6.07, 6.45) is 42.5. The number of carbonyl (C=O) groups excluding carboxylic acids is 1. The average molecular weight is 787 g/mol. The number of quaternary nitrogens is 1. The van der Waals surface area contributed by atoms with Gasteiger partial charge in [0.05, 0.1) is 39.9 Å². The number of likely N-dealkylation sites (N-methyl/N-ethyl adjacent to an activating group) is 1. The third-order valence-corrected chi connectivity index (χ3v) is 11.5. The highest BCUT2D eigenvalue weighted by Gasteiger charge is 2.23. The molecule has 54 heavy (non-hydrogen) atoms. The molecule has 0 aliphatic rings. The van der Waals surface area contributed by atoms with Crippen LogP contribution in [0.2, 0.25) is 0 Å². The van der Waals surface area contributed by atoms with Gasteiger partial charge in [0.15, 0.2) is 0 Å². The van der Waals surface area contributed by atoms with Gasteiger partial charge in [0.1, 0.15) is 13.2 Å². The van der Waals surface area contributed by atoms with E-state index in [1.54, 1.807) is 6.08 Å². The molecule has 0 bridgehead atoms. The van der Waals surface area contributed by atoms with Crippen LogP contribution in [0.1, 0.15) is 219 Å². The Hall–Kier alpha value is -0.760. The van der Waals surface area contributed by atoms with Gasteiger partial charge in [-0.05, 0) is 19.3 Å². The van der Waals surface area contributed by atoms with Gasteiger partial charge in [-0.25, -0.2) is 0 Å². The molecular weight excluding hydrogens is 695 g/mol. The monoisotopic (exact) mass is 787 g/mol. The molecule has 8 nitrogen and oxygen atoms in total. The number of amides is 1. The van der Waals surface area contributed by atoms with E-state index in [2.05, 4.69) is 19.2 Å². The van der Waals surface area contributed by atoms with Crippen LogP contribution in [0.15, 0.2) is 12.2 Å². The minimum absolute atomic E-state index is 0.00210. The maximum atomic E-state index is 12.8. The van der Waals surface area contributed by atoms with Gasteiger partial charge in [0, 0.05) is 6.42 Å². The van der Waals surface area contributed by atoms with Crippen LogP contribution in [0, 0.1) is 0 Å². The summed E-state index contributed by atoms with van der Waals surface area (Å²) < 4.78 is 23.2. The molecule has 0 saturated heterocycles. The Morgan fingerprint density at radius 3 is 1.39 bits per heavy atom. The molecule has 0 aliphatic heterocycles. The summed E-state index contributed by atoms with van der Waals surface area (Å²) in [7, 11) is 1.27. The third kappa shape index (κ3) is 39.5. The summed E-state index contributed by atoms with van der Waals surface area (Å²) in [5, 5.41) is 13.8. The lowest BCUT2D eigenvalue weighted by molar-refractivity contribution is -0.870. The fraction of sp³-hybridized carbons (Fsp3) is 0.933. The van der Waals surface area contributed by atoms with Crippen molar-refractivity contribution in [3.63, 3.8) is 0 Å². The van der Waals surface area contributed by atoms with Crippen LogP contribution in [0.3, 0.4) is 0 Å². The lowest BCUT2D eigenvalue weighted by Crippen LogP contribution is -2.45. The number of nitrogens with zero attached hydrogens (tertiary/aromatic N) is 1. The number of allylic oxidation sites excluding steroid dienone is 1. The molecule has 0 aromatic carbocycles. The van der Waals surface area contributed by atoms with E-state index in [4.69, 9.17) is 9.05 Å². The van der Waals surface area contributed by atoms with Crippen molar-refractivity contribution >= 4 is 13.7 Å². The molecule has 0 heterocycles. The van der Waals surface area contributed by atoms with Crippen LogP contribution in [0.25, 0.3) is 0 Å². The van der Waals surface area contributed by atoms with Crippen molar-refractivity contribution in [3.8, 4) is 0 Å². The fourth-order valence-electron chi connectivity index (χ4n) is 6.80. The van der Waals surface area contributed by atoms with Gasteiger partial charge in [-0.3, -0.25) is 9.36 Å². The normalized spacial score (nSPS) is 14.4. The quantitative estimate of drug-likeness (QED) is 0.0276. The molecule has 9 heteroatoms. The zero-order valence-electron chi connectivity index (χ0n) is 36.4. The van der Waals surface area contributed by atoms with Crippen molar-refractivity contribution < 1.29 is 32.9 Å². The SMILES string of the molecule is CCCCCCCCCCCCCCCCCCCC/C=C/C(O)C(COP(=O)([O-])OCC[N+](C)(C)C)NC(=O)CCCCCCCCCCCCCC. The van der Waals surface area contributed by atoms with Gasteiger partial charge >= 0.3 is 0 Å². The first-order valence-electron chi connectivity index (χ1n) is 23.1. The number of hydrogen-bond donors (Lipinski definition) is 2. The van der Waals surface area contributed by atoms with Crippen LogP contribution < -0.4 is 10.2 Å². The summed E-state index contributed by atoms with van der Waals surface area (Å²) in [5.74, 6) is -0.196. The molecule has 3 atom stereocenters. The molecule has 322 valence electrons. The van der Waals surface area contributed by atoms with Crippen molar-refractivity contribution in [2.24, 2.45) is 0 Å². The number of rotatable bonds is 42. The second-order valence-corrected chi connectivity index (χ2v) is 18.5. The Labute approximate surface area is 335 Å². The molecule has 0 saturated carbocycles. The lowest BCUT2D eigenvalue weighted by atomic mass is 10.0. The molecule has 1 amide bonds. The Bertz CT molecular complexity index is 896. The molecule has 2 N–H and O–H groups in total. The lowest BCUT2D eigenvalue weighted by Gasteiger charge is -2.29. The van der Waals surface area contributed by atoms with E-state index in [1.165, 1.54) is 161 Å². The van der Waals surface area contributed by atoms with Crippen molar-refractivity contribution in [1.29, 1.82) is 0 Å². The Morgan fingerprint density at radius 2 is 1.00 bits per heavy atom. The first-order chi connectivity index (χ1) is 26.0. The van der Waals surface area contributed by atoms with E-state index in [0.29, 0.717) is 17.4 Å². The zero-order chi connectivity index (χ0) is 40.0. The number of unbranched alkanes of at least 4 members (excludes halogenated alkanes) is 29. The maximum absolute atomic E-state index is 12.8. The highest BCUT2D eigenvalue weighted by Crippen LogP contribution is 2.38. The number of aliphatic hydroxyl groups excluding tert-OH is 1. The van der Waals surface area contributed by atoms with Gasteiger partial charge in [0.2, 0.25) is 5.91 Å². The third-order valence-electron chi connectivity index (χ3n) is 10.5. The average Bonchev–Trinajstić information content (AvgIpc) is 3.12. The number of aliphatic hydroxyl groups is 1. The fourth-order valence-corrected chi connectivity index (χ4v) is 7.52. The molecule has 0 aliphatic carbocycles. The van der Waals surface area contributed by atoms with Gasteiger partial charge < -0.3 is 28.8 Å². The number of hydrogen-bond acceptors (Lipinski definition) is 6. The molecular formula is C45H91N2O6P. The summed E-state index contributed by atoms with van der Waals surface area (Å²) in [6, 6.07) is -0.879. The topological polar surface area (TPSA) is 108 Å².